The van der Waals surface area contributed by atoms with Crippen LogP contribution in [0.4, 0.5) is 5.69 Å². The standard InChI is InChI=1S/C11H13N3O2/c1-7(14-12)6-11(16)8-4-2-3-5-9(8)13-10(11)15/h2-5,16H,6,12H2,1H3,(H,13,15). The number of rotatable bonds is 2. The van der Waals surface area contributed by atoms with Crippen molar-refractivity contribution in [3.8, 4) is 0 Å². The van der Waals surface area contributed by atoms with Crippen LogP contribution in [0.25, 0.3) is 0 Å². The maximum Gasteiger partial charge on any atom is 0.261 e. The Morgan fingerprint density at radius 3 is 2.94 bits per heavy atom. The van der Waals surface area contributed by atoms with Gasteiger partial charge in [-0.15, -0.1) is 0 Å². The Morgan fingerprint density at radius 1 is 1.56 bits per heavy atom. The summed E-state index contributed by atoms with van der Waals surface area (Å²) in [4.78, 5) is 11.7. The van der Waals surface area contributed by atoms with Gasteiger partial charge in [0.25, 0.3) is 5.91 Å². The average molecular weight is 219 g/mol. The number of amides is 1. The molecule has 0 aliphatic carbocycles. The van der Waals surface area contributed by atoms with E-state index in [-0.39, 0.29) is 6.42 Å². The molecule has 2 rings (SSSR count). The van der Waals surface area contributed by atoms with E-state index in [0.717, 1.165) is 0 Å². The molecule has 0 spiro atoms. The van der Waals surface area contributed by atoms with Crippen molar-refractivity contribution in [2.24, 2.45) is 10.9 Å². The highest BCUT2D eigenvalue weighted by Crippen LogP contribution is 2.38. The second kappa shape index (κ2) is 3.61. The molecular weight excluding hydrogens is 206 g/mol. The summed E-state index contributed by atoms with van der Waals surface area (Å²) >= 11 is 0. The molecule has 1 atom stereocenters. The summed E-state index contributed by atoms with van der Waals surface area (Å²) in [7, 11) is 0. The van der Waals surface area contributed by atoms with Gasteiger partial charge in [0.05, 0.1) is 0 Å². The van der Waals surface area contributed by atoms with Crippen LogP contribution in [0.2, 0.25) is 0 Å². The highest BCUT2D eigenvalue weighted by atomic mass is 16.3. The van der Waals surface area contributed by atoms with E-state index < -0.39 is 11.5 Å². The first-order valence-electron chi connectivity index (χ1n) is 4.94. The predicted octanol–water partition coefficient (Wildman–Crippen LogP) is 0.551. The van der Waals surface area contributed by atoms with Gasteiger partial charge in [0.2, 0.25) is 0 Å². The van der Waals surface area contributed by atoms with E-state index in [1.165, 1.54) is 0 Å². The molecule has 0 bridgehead atoms. The normalized spacial score (nSPS) is 24.1. The summed E-state index contributed by atoms with van der Waals surface area (Å²) < 4.78 is 0. The van der Waals surface area contributed by atoms with Crippen molar-refractivity contribution in [1.82, 2.24) is 0 Å². The van der Waals surface area contributed by atoms with Crippen molar-refractivity contribution in [3.05, 3.63) is 29.8 Å². The monoisotopic (exact) mass is 219 g/mol. The summed E-state index contributed by atoms with van der Waals surface area (Å²) in [6, 6.07) is 7.05. The molecule has 4 N–H and O–H groups in total. The maximum atomic E-state index is 11.7. The predicted molar refractivity (Wildman–Crippen MR) is 60.9 cm³/mol. The van der Waals surface area contributed by atoms with Crippen LogP contribution in [0.1, 0.15) is 18.9 Å². The van der Waals surface area contributed by atoms with Crippen LogP contribution < -0.4 is 11.2 Å². The SMILES string of the molecule is CC(CC1(O)C(=O)Nc2ccccc21)=NN. The molecule has 1 amide bonds. The maximum absolute atomic E-state index is 11.7. The number of para-hydroxylation sites is 1. The first-order valence-corrected chi connectivity index (χ1v) is 4.94. The summed E-state index contributed by atoms with van der Waals surface area (Å²) in [6.45, 7) is 1.67. The molecule has 1 unspecified atom stereocenters. The van der Waals surface area contributed by atoms with Gasteiger partial charge in [-0.1, -0.05) is 18.2 Å². The quantitative estimate of drug-likeness (QED) is 0.385. The molecule has 5 nitrogen and oxygen atoms in total. The second-order valence-corrected chi connectivity index (χ2v) is 3.90. The van der Waals surface area contributed by atoms with E-state index in [2.05, 4.69) is 10.4 Å². The van der Waals surface area contributed by atoms with Gasteiger partial charge >= 0.3 is 0 Å². The lowest BCUT2D eigenvalue weighted by Gasteiger charge is -2.20. The summed E-state index contributed by atoms with van der Waals surface area (Å²) in [5.41, 5.74) is 0.181. The molecule has 0 aromatic heterocycles. The van der Waals surface area contributed by atoms with Crippen molar-refractivity contribution in [2.75, 3.05) is 5.32 Å². The van der Waals surface area contributed by atoms with Gasteiger partial charge in [0.15, 0.2) is 5.60 Å². The van der Waals surface area contributed by atoms with Crippen molar-refractivity contribution >= 4 is 17.3 Å². The van der Waals surface area contributed by atoms with Gasteiger partial charge in [0, 0.05) is 23.4 Å². The van der Waals surface area contributed by atoms with Crippen LogP contribution in [0.15, 0.2) is 29.4 Å². The fourth-order valence-corrected chi connectivity index (χ4v) is 1.89. The van der Waals surface area contributed by atoms with E-state index in [0.29, 0.717) is 17.0 Å². The van der Waals surface area contributed by atoms with Crippen LogP contribution >= 0.6 is 0 Å². The highest BCUT2D eigenvalue weighted by molar-refractivity contribution is 6.07. The minimum Gasteiger partial charge on any atom is -0.375 e. The van der Waals surface area contributed by atoms with Crippen molar-refractivity contribution in [3.63, 3.8) is 0 Å². The first-order chi connectivity index (χ1) is 7.58. The van der Waals surface area contributed by atoms with Crippen LogP contribution in [0, 0.1) is 0 Å². The van der Waals surface area contributed by atoms with Gasteiger partial charge < -0.3 is 16.3 Å². The number of carbonyl (C=O) groups is 1. The summed E-state index contributed by atoms with van der Waals surface area (Å²) in [5, 5.41) is 16.5. The number of carbonyl (C=O) groups excluding carboxylic acids is 1. The topological polar surface area (TPSA) is 87.7 Å². The number of nitrogens with one attached hydrogen (secondary N) is 1. The number of benzene rings is 1. The molecule has 1 heterocycles. The first kappa shape index (κ1) is 10.6. The second-order valence-electron chi connectivity index (χ2n) is 3.90. The molecule has 1 aliphatic heterocycles. The fraction of sp³-hybridized carbons (Fsp3) is 0.273. The number of nitrogens with zero attached hydrogens (tertiary/aromatic N) is 1. The van der Waals surface area contributed by atoms with Gasteiger partial charge in [-0.05, 0) is 13.0 Å². The van der Waals surface area contributed by atoms with Gasteiger partial charge in [-0.2, -0.15) is 5.10 Å². The number of fused-ring (bicyclic) bond motifs is 1. The van der Waals surface area contributed by atoms with Crippen LogP contribution in [-0.4, -0.2) is 16.7 Å². The molecular formula is C11H13N3O2. The molecule has 84 valence electrons. The third kappa shape index (κ3) is 1.45. The molecule has 0 fully saturated rings. The zero-order valence-corrected chi connectivity index (χ0v) is 8.90. The molecule has 5 heteroatoms. The van der Waals surface area contributed by atoms with E-state index in [4.69, 9.17) is 5.84 Å². The van der Waals surface area contributed by atoms with E-state index in [9.17, 15) is 9.90 Å². The minimum absolute atomic E-state index is 0.104. The van der Waals surface area contributed by atoms with Crippen LogP contribution in [0.3, 0.4) is 0 Å². The zero-order chi connectivity index (χ0) is 11.8. The Morgan fingerprint density at radius 2 is 2.25 bits per heavy atom. The molecule has 1 aromatic rings. The lowest BCUT2D eigenvalue weighted by molar-refractivity contribution is -0.132. The number of anilines is 1. The largest absolute Gasteiger partial charge is 0.375 e. The molecule has 1 aromatic carbocycles. The van der Waals surface area contributed by atoms with Gasteiger partial charge in [-0.25, -0.2) is 0 Å². The Bertz CT molecular complexity index is 470. The van der Waals surface area contributed by atoms with Crippen LogP contribution in [-0.2, 0) is 10.4 Å². The fourth-order valence-electron chi connectivity index (χ4n) is 1.89. The number of aliphatic hydroxyl groups is 1. The number of nitrogens with two attached hydrogens (primary N) is 1. The number of hydrazone groups is 1. The smallest absolute Gasteiger partial charge is 0.261 e. The Labute approximate surface area is 93.0 Å². The van der Waals surface area contributed by atoms with Crippen LogP contribution in [0.5, 0.6) is 0 Å². The highest BCUT2D eigenvalue weighted by Gasteiger charge is 2.45. The summed E-state index contributed by atoms with van der Waals surface area (Å²) in [5.74, 6) is 4.69. The molecule has 0 saturated heterocycles. The van der Waals surface area contributed by atoms with E-state index in [1.54, 1.807) is 31.2 Å². The third-order valence-electron chi connectivity index (χ3n) is 2.73. The zero-order valence-electron chi connectivity index (χ0n) is 8.90. The van der Waals surface area contributed by atoms with Crippen molar-refractivity contribution < 1.29 is 9.90 Å². The Hall–Kier alpha value is -1.88. The molecule has 0 saturated carbocycles. The van der Waals surface area contributed by atoms with Gasteiger partial charge in [0.1, 0.15) is 0 Å². The van der Waals surface area contributed by atoms with Gasteiger partial charge in [-0.3, -0.25) is 4.79 Å². The van der Waals surface area contributed by atoms with Crippen molar-refractivity contribution in [2.45, 2.75) is 18.9 Å². The Kier molecular flexibility index (Phi) is 2.40. The average Bonchev–Trinajstić information content (AvgIpc) is 2.52. The van der Waals surface area contributed by atoms with E-state index >= 15 is 0 Å². The third-order valence-corrected chi connectivity index (χ3v) is 2.73. The minimum atomic E-state index is -1.55. The summed E-state index contributed by atoms with van der Waals surface area (Å²) in [6.07, 6.45) is 0.104. The Balaban J connectivity index is 2.44. The number of hydrogen-bond donors (Lipinski definition) is 3. The van der Waals surface area contributed by atoms with E-state index in [1.807, 2.05) is 0 Å². The molecule has 0 radical (unpaired) electrons. The molecule has 16 heavy (non-hydrogen) atoms. The van der Waals surface area contributed by atoms with Crippen molar-refractivity contribution in [1.29, 1.82) is 0 Å². The lowest BCUT2D eigenvalue weighted by atomic mass is 9.90. The number of hydrogen-bond acceptors (Lipinski definition) is 4. The molecule has 1 aliphatic rings. The lowest BCUT2D eigenvalue weighted by Crippen LogP contribution is -2.36.